The quantitative estimate of drug-likeness (QED) is 0.768. The normalized spacial score (nSPS) is 11.3. The maximum absolute atomic E-state index is 12.5. The van der Waals surface area contributed by atoms with Gasteiger partial charge in [-0.3, -0.25) is 4.79 Å². The van der Waals surface area contributed by atoms with Gasteiger partial charge in [-0.05, 0) is 31.9 Å². The smallest absolute Gasteiger partial charge is 0.259 e. The SMILES string of the molecule is CCCNCCNC(=O)c1cc(C(C)C)nc2onc(C)c12. The molecule has 2 N–H and O–H groups in total. The molecule has 0 aliphatic carbocycles. The summed E-state index contributed by atoms with van der Waals surface area (Å²) in [6.07, 6.45) is 1.08. The lowest BCUT2D eigenvalue weighted by molar-refractivity contribution is 0.0955. The van der Waals surface area contributed by atoms with E-state index in [1.165, 1.54) is 0 Å². The van der Waals surface area contributed by atoms with Crippen molar-refractivity contribution in [2.75, 3.05) is 19.6 Å². The Balaban J connectivity index is 2.21. The molecule has 2 rings (SSSR count). The van der Waals surface area contributed by atoms with Crippen LogP contribution in [0.5, 0.6) is 0 Å². The number of pyridine rings is 1. The lowest BCUT2D eigenvalue weighted by atomic mass is 10.0. The molecule has 0 atom stereocenters. The number of amides is 1. The number of hydrogen-bond donors (Lipinski definition) is 2. The Bertz CT molecular complexity index is 649. The minimum absolute atomic E-state index is 0.112. The molecule has 6 nitrogen and oxygen atoms in total. The fourth-order valence-corrected chi connectivity index (χ4v) is 2.25. The summed E-state index contributed by atoms with van der Waals surface area (Å²) in [6, 6.07) is 1.84. The van der Waals surface area contributed by atoms with Crippen LogP contribution in [0.4, 0.5) is 0 Å². The van der Waals surface area contributed by atoms with E-state index in [1.54, 1.807) is 0 Å². The summed E-state index contributed by atoms with van der Waals surface area (Å²) in [5.74, 6) is 0.103. The molecule has 0 fully saturated rings. The predicted molar refractivity (Wildman–Crippen MR) is 86.1 cm³/mol. The second-order valence-corrected chi connectivity index (χ2v) is 5.70. The molecule has 0 aliphatic heterocycles. The predicted octanol–water partition coefficient (Wildman–Crippen LogP) is 2.38. The molecule has 0 spiro atoms. The van der Waals surface area contributed by atoms with Crippen molar-refractivity contribution in [2.24, 2.45) is 0 Å². The summed E-state index contributed by atoms with van der Waals surface area (Å²) in [6.45, 7) is 10.3. The molecule has 0 saturated heterocycles. The van der Waals surface area contributed by atoms with E-state index in [2.05, 4.69) is 27.7 Å². The third-order valence-corrected chi connectivity index (χ3v) is 3.49. The Kier molecular flexibility index (Phi) is 5.49. The largest absolute Gasteiger partial charge is 0.351 e. The number of carbonyl (C=O) groups excluding carboxylic acids is 1. The minimum atomic E-state index is -0.112. The third kappa shape index (κ3) is 3.62. The lowest BCUT2D eigenvalue weighted by Crippen LogP contribution is -2.32. The standard InChI is InChI=1S/C16H24N4O2/c1-5-6-17-7-8-18-15(21)12-9-13(10(2)3)19-16-14(12)11(4)20-22-16/h9-10,17H,5-8H2,1-4H3,(H,18,21). The number of nitrogens with one attached hydrogen (secondary N) is 2. The summed E-state index contributed by atoms with van der Waals surface area (Å²) < 4.78 is 5.23. The van der Waals surface area contributed by atoms with Gasteiger partial charge in [0.25, 0.3) is 11.6 Å². The van der Waals surface area contributed by atoms with Crippen LogP contribution in [0.1, 0.15) is 54.9 Å². The molecule has 1 amide bonds. The van der Waals surface area contributed by atoms with Crippen molar-refractivity contribution >= 4 is 17.0 Å². The highest BCUT2D eigenvalue weighted by Gasteiger charge is 2.19. The number of nitrogens with zero attached hydrogens (tertiary/aromatic N) is 2. The van der Waals surface area contributed by atoms with Crippen LogP contribution in [0.3, 0.4) is 0 Å². The van der Waals surface area contributed by atoms with Gasteiger partial charge in [-0.15, -0.1) is 0 Å². The zero-order chi connectivity index (χ0) is 16.1. The first-order valence-electron chi connectivity index (χ1n) is 7.80. The van der Waals surface area contributed by atoms with Crippen molar-refractivity contribution in [2.45, 2.75) is 40.0 Å². The van der Waals surface area contributed by atoms with Crippen LogP contribution >= 0.6 is 0 Å². The second kappa shape index (κ2) is 7.35. The highest BCUT2D eigenvalue weighted by molar-refractivity contribution is 6.06. The highest BCUT2D eigenvalue weighted by Crippen LogP contribution is 2.24. The number of aryl methyl sites for hydroxylation is 1. The van der Waals surface area contributed by atoms with Crippen LogP contribution in [0.15, 0.2) is 10.6 Å². The van der Waals surface area contributed by atoms with Crippen LogP contribution in [-0.2, 0) is 0 Å². The summed E-state index contributed by atoms with van der Waals surface area (Å²) in [5, 5.41) is 10.8. The van der Waals surface area contributed by atoms with E-state index >= 15 is 0 Å². The highest BCUT2D eigenvalue weighted by atomic mass is 16.5. The van der Waals surface area contributed by atoms with E-state index in [9.17, 15) is 4.79 Å². The van der Waals surface area contributed by atoms with Gasteiger partial charge >= 0.3 is 0 Å². The number of carbonyl (C=O) groups is 1. The maximum atomic E-state index is 12.5. The summed E-state index contributed by atoms with van der Waals surface area (Å²) in [4.78, 5) is 16.9. The summed E-state index contributed by atoms with van der Waals surface area (Å²) >= 11 is 0. The van der Waals surface area contributed by atoms with Gasteiger partial charge in [-0.25, -0.2) is 4.98 Å². The summed E-state index contributed by atoms with van der Waals surface area (Å²) in [7, 11) is 0. The van der Waals surface area contributed by atoms with E-state index in [4.69, 9.17) is 4.52 Å². The van der Waals surface area contributed by atoms with Crippen molar-refractivity contribution in [1.29, 1.82) is 0 Å². The first-order chi connectivity index (χ1) is 10.5. The first kappa shape index (κ1) is 16.4. The van der Waals surface area contributed by atoms with Gasteiger partial charge in [-0.2, -0.15) is 0 Å². The summed E-state index contributed by atoms with van der Waals surface area (Å²) in [5.41, 5.74) is 2.53. The minimum Gasteiger partial charge on any atom is -0.351 e. The second-order valence-electron chi connectivity index (χ2n) is 5.70. The molecular formula is C16H24N4O2. The molecule has 0 saturated carbocycles. The van der Waals surface area contributed by atoms with Gasteiger partial charge in [0, 0.05) is 18.8 Å². The van der Waals surface area contributed by atoms with Gasteiger partial charge in [0.2, 0.25) is 0 Å². The average molecular weight is 304 g/mol. The number of aromatic nitrogens is 2. The molecule has 0 aromatic carbocycles. The molecule has 2 heterocycles. The molecule has 6 heteroatoms. The van der Waals surface area contributed by atoms with E-state index in [-0.39, 0.29) is 11.8 Å². The Morgan fingerprint density at radius 1 is 1.32 bits per heavy atom. The molecule has 120 valence electrons. The van der Waals surface area contributed by atoms with E-state index in [0.717, 1.165) is 25.2 Å². The molecule has 0 unspecified atom stereocenters. The molecule has 0 aliphatic rings. The first-order valence-corrected chi connectivity index (χ1v) is 7.80. The molecule has 2 aromatic rings. The van der Waals surface area contributed by atoms with Crippen molar-refractivity contribution < 1.29 is 9.32 Å². The Morgan fingerprint density at radius 3 is 2.77 bits per heavy atom. The van der Waals surface area contributed by atoms with Gasteiger partial charge < -0.3 is 15.2 Å². The van der Waals surface area contributed by atoms with Crippen LogP contribution in [0.25, 0.3) is 11.1 Å². The van der Waals surface area contributed by atoms with Crippen molar-refractivity contribution in [3.05, 3.63) is 23.0 Å². The zero-order valence-electron chi connectivity index (χ0n) is 13.7. The van der Waals surface area contributed by atoms with Crippen LogP contribution in [-0.4, -0.2) is 35.7 Å². The Morgan fingerprint density at radius 2 is 2.09 bits per heavy atom. The van der Waals surface area contributed by atoms with E-state index < -0.39 is 0 Å². The lowest BCUT2D eigenvalue weighted by Gasteiger charge is -2.10. The fraction of sp³-hybridized carbons (Fsp3) is 0.562. The van der Waals surface area contributed by atoms with Crippen LogP contribution < -0.4 is 10.6 Å². The zero-order valence-corrected chi connectivity index (χ0v) is 13.7. The number of rotatable bonds is 7. The molecule has 2 aromatic heterocycles. The number of hydrogen-bond acceptors (Lipinski definition) is 5. The monoisotopic (exact) mass is 304 g/mol. The van der Waals surface area contributed by atoms with E-state index in [1.807, 2.05) is 26.8 Å². The topological polar surface area (TPSA) is 80.0 Å². The molecule has 0 radical (unpaired) electrons. The molecule has 0 bridgehead atoms. The van der Waals surface area contributed by atoms with Crippen LogP contribution in [0.2, 0.25) is 0 Å². The van der Waals surface area contributed by atoms with E-state index in [0.29, 0.717) is 28.9 Å². The molecule has 22 heavy (non-hydrogen) atoms. The van der Waals surface area contributed by atoms with Crippen LogP contribution in [0, 0.1) is 6.92 Å². The van der Waals surface area contributed by atoms with Gasteiger partial charge in [-0.1, -0.05) is 25.9 Å². The van der Waals surface area contributed by atoms with Gasteiger partial charge in [0.05, 0.1) is 16.6 Å². The Hall–Kier alpha value is -1.95. The third-order valence-electron chi connectivity index (χ3n) is 3.49. The van der Waals surface area contributed by atoms with Crippen molar-refractivity contribution in [3.8, 4) is 0 Å². The fourth-order valence-electron chi connectivity index (χ4n) is 2.25. The average Bonchev–Trinajstić information content (AvgIpc) is 2.87. The maximum Gasteiger partial charge on any atom is 0.259 e. The molecular weight excluding hydrogens is 280 g/mol. The number of fused-ring (bicyclic) bond motifs is 1. The van der Waals surface area contributed by atoms with Crippen molar-refractivity contribution in [1.82, 2.24) is 20.8 Å². The van der Waals surface area contributed by atoms with Gasteiger partial charge in [0.15, 0.2) is 0 Å². The van der Waals surface area contributed by atoms with Gasteiger partial charge in [0.1, 0.15) is 0 Å². The van der Waals surface area contributed by atoms with Crippen molar-refractivity contribution in [3.63, 3.8) is 0 Å². The Labute approximate surface area is 130 Å².